The summed E-state index contributed by atoms with van der Waals surface area (Å²) in [5.74, 6) is 1.17. The Kier molecular flexibility index (Phi) is 5.85. The van der Waals surface area contributed by atoms with Crippen LogP contribution in [0, 0.1) is 0 Å². The maximum Gasteiger partial charge on any atom is 0.156 e. The fourth-order valence-electron chi connectivity index (χ4n) is 2.49. The van der Waals surface area contributed by atoms with Gasteiger partial charge in [-0.05, 0) is 42.2 Å². The first-order valence-corrected chi connectivity index (χ1v) is 7.76. The average molecular weight is 272 g/mol. The Hall–Kier alpha value is -1.57. The van der Waals surface area contributed by atoms with Gasteiger partial charge >= 0.3 is 0 Å². The second kappa shape index (κ2) is 7.88. The third-order valence-electron chi connectivity index (χ3n) is 3.72. The van der Waals surface area contributed by atoms with Gasteiger partial charge in [-0.25, -0.2) is 0 Å². The molecule has 0 atom stereocenters. The molecule has 0 bridgehead atoms. The van der Waals surface area contributed by atoms with Crippen LogP contribution in [0.5, 0.6) is 5.75 Å². The van der Waals surface area contributed by atoms with E-state index >= 15 is 0 Å². The molecule has 2 rings (SSSR count). The van der Waals surface area contributed by atoms with Crippen molar-refractivity contribution in [1.82, 2.24) is 0 Å². The number of carbonyl (C=O) groups excluding carboxylic acids is 1. The van der Waals surface area contributed by atoms with Crippen LogP contribution in [0.4, 0.5) is 0 Å². The third kappa shape index (κ3) is 4.52. The minimum Gasteiger partial charge on any atom is -0.494 e. The molecule has 0 saturated heterocycles. The molecule has 0 unspecified atom stereocenters. The van der Waals surface area contributed by atoms with Gasteiger partial charge in [-0.2, -0.15) is 0 Å². The van der Waals surface area contributed by atoms with Gasteiger partial charge in [-0.3, -0.25) is 4.79 Å². The van der Waals surface area contributed by atoms with Gasteiger partial charge in [0.05, 0.1) is 6.61 Å². The van der Waals surface area contributed by atoms with E-state index in [0.717, 1.165) is 36.3 Å². The van der Waals surface area contributed by atoms with Crippen molar-refractivity contribution >= 4 is 11.4 Å². The zero-order valence-corrected chi connectivity index (χ0v) is 12.4. The Bertz CT molecular complexity index is 457. The van der Waals surface area contributed by atoms with Crippen molar-refractivity contribution in [1.29, 1.82) is 0 Å². The summed E-state index contributed by atoms with van der Waals surface area (Å²) in [5.41, 5.74) is 2.30. The summed E-state index contributed by atoms with van der Waals surface area (Å²) in [5, 5.41) is 0. The quantitative estimate of drug-likeness (QED) is 0.636. The van der Waals surface area contributed by atoms with Crippen LogP contribution in [0.15, 0.2) is 30.3 Å². The van der Waals surface area contributed by atoms with Gasteiger partial charge in [-0.15, -0.1) is 0 Å². The molecule has 2 heteroatoms. The van der Waals surface area contributed by atoms with Crippen LogP contribution in [0.2, 0.25) is 0 Å². The highest BCUT2D eigenvalue weighted by atomic mass is 16.5. The first-order chi connectivity index (χ1) is 9.79. The van der Waals surface area contributed by atoms with E-state index in [1.165, 1.54) is 25.7 Å². The number of carbonyl (C=O) groups is 1. The Morgan fingerprint density at radius 3 is 2.40 bits per heavy atom. The normalized spacial score (nSPS) is 14.4. The average Bonchev–Trinajstić information content (AvgIpc) is 2.90. The van der Waals surface area contributed by atoms with Crippen LogP contribution in [-0.4, -0.2) is 12.4 Å². The van der Waals surface area contributed by atoms with Crippen molar-refractivity contribution in [3.8, 4) is 5.75 Å². The number of rotatable bonds is 8. The van der Waals surface area contributed by atoms with E-state index in [2.05, 4.69) is 19.1 Å². The molecule has 1 aliphatic rings. The van der Waals surface area contributed by atoms with Gasteiger partial charge in [0, 0.05) is 6.42 Å². The van der Waals surface area contributed by atoms with Gasteiger partial charge in [0.15, 0.2) is 5.78 Å². The second-order valence-electron chi connectivity index (χ2n) is 5.42. The molecular formula is C18H24O2. The summed E-state index contributed by atoms with van der Waals surface area (Å²) in [6.07, 6.45) is 9.58. The smallest absolute Gasteiger partial charge is 0.156 e. The predicted molar refractivity (Wildman–Crippen MR) is 82.9 cm³/mol. The van der Waals surface area contributed by atoms with Crippen LogP contribution >= 0.6 is 0 Å². The molecule has 1 aliphatic carbocycles. The van der Waals surface area contributed by atoms with Crippen molar-refractivity contribution in [3.05, 3.63) is 35.9 Å². The van der Waals surface area contributed by atoms with E-state index in [-0.39, 0.29) is 5.78 Å². The molecular weight excluding hydrogens is 248 g/mol. The Morgan fingerprint density at radius 2 is 1.75 bits per heavy atom. The summed E-state index contributed by atoms with van der Waals surface area (Å²) in [7, 11) is 0. The minimum absolute atomic E-state index is 0.243. The van der Waals surface area contributed by atoms with E-state index in [0.29, 0.717) is 6.42 Å². The molecule has 1 aromatic carbocycles. The third-order valence-corrected chi connectivity index (χ3v) is 3.72. The van der Waals surface area contributed by atoms with E-state index in [9.17, 15) is 4.79 Å². The Labute approximate surface area is 121 Å². The molecule has 0 amide bonds. The van der Waals surface area contributed by atoms with Gasteiger partial charge in [0.1, 0.15) is 5.75 Å². The number of ether oxygens (including phenoxy) is 1. The number of benzene rings is 1. The SMILES string of the molecule is CCCCCCCOc1ccc(C2=CC(=O)CC2)cc1. The van der Waals surface area contributed by atoms with Gasteiger partial charge in [0.2, 0.25) is 0 Å². The topological polar surface area (TPSA) is 26.3 Å². The molecule has 0 heterocycles. The Balaban J connectivity index is 1.74. The zero-order valence-electron chi connectivity index (χ0n) is 12.4. The fraction of sp³-hybridized carbons (Fsp3) is 0.500. The lowest BCUT2D eigenvalue weighted by Gasteiger charge is -2.07. The van der Waals surface area contributed by atoms with Crippen LogP contribution < -0.4 is 4.74 Å². The molecule has 0 radical (unpaired) electrons. The molecule has 0 aromatic heterocycles. The van der Waals surface area contributed by atoms with Crippen molar-refractivity contribution in [2.45, 2.75) is 51.9 Å². The van der Waals surface area contributed by atoms with E-state index in [1.54, 1.807) is 6.08 Å². The van der Waals surface area contributed by atoms with Crippen LogP contribution in [0.3, 0.4) is 0 Å². The van der Waals surface area contributed by atoms with Crippen molar-refractivity contribution in [2.75, 3.05) is 6.61 Å². The second-order valence-corrected chi connectivity index (χ2v) is 5.42. The van der Waals surface area contributed by atoms with Crippen molar-refractivity contribution < 1.29 is 9.53 Å². The standard InChI is InChI=1S/C18H24O2/c1-2-3-4-5-6-13-20-18-11-8-15(9-12-18)16-7-10-17(19)14-16/h8-9,11-12,14H,2-7,10,13H2,1H3. The first kappa shape index (κ1) is 14.8. The highest BCUT2D eigenvalue weighted by molar-refractivity contribution is 6.01. The van der Waals surface area contributed by atoms with Gasteiger partial charge < -0.3 is 4.74 Å². The lowest BCUT2D eigenvalue weighted by Crippen LogP contribution is -1.97. The highest BCUT2D eigenvalue weighted by Crippen LogP contribution is 2.27. The number of ketones is 1. The predicted octanol–water partition coefficient (Wildman–Crippen LogP) is 4.78. The van der Waals surface area contributed by atoms with Gasteiger partial charge in [-0.1, -0.05) is 44.7 Å². The molecule has 0 aliphatic heterocycles. The number of hydrogen-bond acceptors (Lipinski definition) is 2. The number of allylic oxidation sites excluding steroid dienone is 2. The maximum absolute atomic E-state index is 11.2. The maximum atomic E-state index is 11.2. The molecule has 0 spiro atoms. The molecule has 2 nitrogen and oxygen atoms in total. The monoisotopic (exact) mass is 272 g/mol. The van der Waals surface area contributed by atoms with Gasteiger partial charge in [0.25, 0.3) is 0 Å². The molecule has 20 heavy (non-hydrogen) atoms. The molecule has 0 fully saturated rings. The summed E-state index contributed by atoms with van der Waals surface area (Å²) in [6, 6.07) is 8.11. The molecule has 0 saturated carbocycles. The van der Waals surface area contributed by atoms with E-state index in [4.69, 9.17) is 4.74 Å². The molecule has 0 N–H and O–H groups in total. The summed E-state index contributed by atoms with van der Waals surface area (Å²) in [6.45, 7) is 3.02. The minimum atomic E-state index is 0.243. The summed E-state index contributed by atoms with van der Waals surface area (Å²) in [4.78, 5) is 11.2. The lowest BCUT2D eigenvalue weighted by molar-refractivity contribution is -0.114. The summed E-state index contributed by atoms with van der Waals surface area (Å²) < 4.78 is 5.74. The highest BCUT2D eigenvalue weighted by Gasteiger charge is 2.13. The van der Waals surface area contributed by atoms with E-state index in [1.807, 2.05) is 12.1 Å². The largest absolute Gasteiger partial charge is 0.494 e. The van der Waals surface area contributed by atoms with Crippen LogP contribution in [0.25, 0.3) is 5.57 Å². The first-order valence-electron chi connectivity index (χ1n) is 7.76. The number of unbranched alkanes of at least 4 members (excludes halogenated alkanes) is 4. The molecule has 1 aromatic rings. The fourth-order valence-corrected chi connectivity index (χ4v) is 2.49. The summed E-state index contributed by atoms with van der Waals surface area (Å²) >= 11 is 0. The lowest BCUT2D eigenvalue weighted by atomic mass is 10.1. The van der Waals surface area contributed by atoms with Crippen molar-refractivity contribution in [3.63, 3.8) is 0 Å². The zero-order chi connectivity index (χ0) is 14.2. The molecule has 108 valence electrons. The Morgan fingerprint density at radius 1 is 1.00 bits per heavy atom. The number of hydrogen-bond donors (Lipinski definition) is 0. The van der Waals surface area contributed by atoms with E-state index < -0.39 is 0 Å². The van der Waals surface area contributed by atoms with Crippen LogP contribution in [-0.2, 0) is 4.79 Å². The van der Waals surface area contributed by atoms with Crippen LogP contribution in [0.1, 0.15) is 57.4 Å². The van der Waals surface area contributed by atoms with Crippen molar-refractivity contribution in [2.24, 2.45) is 0 Å².